The summed E-state index contributed by atoms with van der Waals surface area (Å²) >= 11 is 1.74. The third-order valence-electron chi connectivity index (χ3n) is 3.92. The van der Waals surface area contributed by atoms with E-state index in [9.17, 15) is 0 Å². The summed E-state index contributed by atoms with van der Waals surface area (Å²) in [5.74, 6) is 1.34. The van der Waals surface area contributed by atoms with Crippen molar-refractivity contribution in [2.45, 2.75) is 46.6 Å². The van der Waals surface area contributed by atoms with Gasteiger partial charge in [-0.05, 0) is 55.6 Å². The first-order valence-electron chi connectivity index (χ1n) is 8.65. The van der Waals surface area contributed by atoms with Crippen LogP contribution in [0.15, 0.2) is 27.9 Å². The van der Waals surface area contributed by atoms with Crippen LogP contribution in [0.2, 0.25) is 0 Å². The molecule has 0 fully saturated rings. The average Bonchev–Trinajstić information content (AvgIpc) is 3.18. The van der Waals surface area contributed by atoms with Crippen molar-refractivity contribution >= 4 is 17.3 Å². The second kappa shape index (κ2) is 9.47. The van der Waals surface area contributed by atoms with Crippen LogP contribution in [-0.2, 0) is 6.54 Å². The van der Waals surface area contributed by atoms with Crippen molar-refractivity contribution in [3.63, 3.8) is 0 Å². The van der Waals surface area contributed by atoms with Crippen molar-refractivity contribution in [3.8, 4) is 0 Å². The maximum atomic E-state index is 4.71. The molecule has 0 aromatic carbocycles. The van der Waals surface area contributed by atoms with Crippen molar-refractivity contribution in [3.05, 3.63) is 39.8 Å². The fourth-order valence-corrected chi connectivity index (χ4v) is 3.35. The van der Waals surface area contributed by atoms with Crippen molar-refractivity contribution in [2.75, 3.05) is 19.6 Å². The zero-order valence-corrected chi connectivity index (χ0v) is 16.0. The largest absolute Gasteiger partial charge is 0.357 e. The lowest BCUT2D eigenvalue weighted by Gasteiger charge is -2.13. The Bertz CT molecular complexity index is 630. The number of hydrogen-bond acceptors (Lipinski definition) is 3. The van der Waals surface area contributed by atoms with E-state index in [1.165, 1.54) is 11.3 Å². The topological polar surface area (TPSA) is 54.2 Å². The maximum Gasteiger partial charge on any atom is 0.191 e. The lowest BCUT2D eigenvalue weighted by Crippen LogP contribution is -2.38. The highest BCUT2D eigenvalue weighted by Crippen LogP contribution is 2.18. The molecule has 0 saturated carbocycles. The fraction of sp³-hybridized carbons (Fsp3) is 0.556. The van der Waals surface area contributed by atoms with Gasteiger partial charge >= 0.3 is 0 Å². The quantitative estimate of drug-likeness (QED) is 0.438. The number of nitrogens with zero attached hydrogens (tertiary/aromatic N) is 3. The van der Waals surface area contributed by atoms with Gasteiger partial charge in [0.2, 0.25) is 0 Å². The van der Waals surface area contributed by atoms with E-state index in [0.29, 0.717) is 5.92 Å². The second-order valence-electron chi connectivity index (χ2n) is 6.11. The SMILES string of the molecule is CCNC(=NCC(C)c1ccsc1)NCCCn1nc(C)cc1C. The molecule has 2 rings (SSSR count). The zero-order valence-electron chi connectivity index (χ0n) is 15.2. The van der Waals surface area contributed by atoms with Crippen LogP contribution in [0, 0.1) is 13.8 Å². The molecule has 0 saturated heterocycles. The molecule has 0 spiro atoms. The molecule has 6 heteroatoms. The maximum absolute atomic E-state index is 4.71. The van der Waals surface area contributed by atoms with Crippen molar-refractivity contribution in [1.29, 1.82) is 0 Å². The van der Waals surface area contributed by atoms with Gasteiger partial charge in [-0.2, -0.15) is 16.4 Å². The van der Waals surface area contributed by atoms with Crippen LogP contribution in [0.25, 0.3) is 0 Å². The number of nitrogens with one attached hydrogen (secondary N) is 2. The lowest BCUT2D eigenvalue weighted by molar-refractivity contribution is 0.555. The van der Waals surface area contributed by atoms with Crippen molar-refractivity contribution in [2.24, 2.45) is 4.99 Å². The van der Waals surface area contributed by atoms with Gasteiger partial charge in [0.25, 0.3) is 0 Å². The van der Waals surface area contributed by atoms with E-state index in [4.69, 9.17) is 4.99 Å². The number of aryl methyl sites for hydroxylation is 3. The van der Waals surface area contributed by atoms with Crippen LogP contribution in [0.3, 0.4) is 0 Å². The first-order valence-corrected chi connectivity index (χ1v) is 9.59. The van der Waals surface area contributed by atoms with Crippen LogP contribution in [0.1, 0.15) is 43.1 Å². The van der Waals surface area contributed by atoms with E-state index in [1.807, 2.05) is 6.92 Å². The molecule has 1 unspecified atom stereocenters. The lowest BCUT2D eigenvalue weighted by atomic mass is 10.1. The third-order valence-corrected chi connectivity index (χ3v) is 4.62. The Morgan fingerprint density at radius 1 is 1.38 bits per heavy atom. The minimum Gasteiger partial charge on any atom is -0.357 e. The molecule has 0 bridgehead atoms. The molecular formula is C18H29N5S. The molecule has 24 heavy (non-hydrogen) atoms. The Kier molecular flexibility index (Phi) is 7.31. The van der Waals surface area contributed by atoms with Gasteiger partial charge in [0, 0.05) is 37.8 Å². The number of rotatable bonds is 8. The summed E-state index contributed by atoms with van der Waals surface area (Å²) in [6.07, 6.45) is 1.02. The van der Waals surface area contributed by atoms with E-state index in [1.54, 1.807) is 11.3 Å². The summed E-state index contributed by atoms with van der Waals surface area (Å²) in [7, 11) is 0. The molecule has 0 aliphatic carbocycles. The van der Waals surface area contributed by atoms with Gasteiger partial charge < -0.3 is 10.6 Å². The molecule has 2 aromatic heterocycles. The first-order chi connectivity index (χ1) is 11.6. The van der Waals surface area contributed by atoms with Crippen LogP contribution in [-0.4, -0.2) is 35.4 Å². The first kappa shape index (κ1) is 18.5. The molecule has 2 aromatic rings. The third kappa shape index (κ3) is 5.67. The van der Waals surface area contributed by atoms with E-state index in [-0.39, 0.29) is 0 Å². The Morgan fingerprint density at radius 3 is 2.83 bits per heavy atom. The van der Waals surface area contributed by atoms with Crippen LogP contribution in [0.4, 0.5) is 0 Å². The molecule has 2 N–H and O–H groups in total. The second-order valence-corrected chi connectivity index (χ2v) is 6.89. The Labute approximate surface area is 149 Å². The normalized spacial score (nSPS) is 13.1. The number of guanidine groups is 1. The van der Waals surface area contributed by atoms with Gasteiger partial charge in [0.1, 0.15) is 0 Å². The predicted octanol–water partition coefficient (Wildman–Crippen LogP) is 3.31. The van der Waals surface area contributed by atoms with E-state index in [2.05, 4.69) is 64.1 Å². The molecule has 0 amide bonds. The van der Waals surface area contributed by atoms with Gasteiger partial charge in [-0.3, -0.25) is 9.67 Å². The highest BCUT2D eigenvalue weighted by molar-refractivity contribution is 7.07. The van der Waals surface area contributed by atoms with Crippen LogP contribution in [0.5, 0.6) is 0 Å². The summed E-state index contributed by atoms with van der Waals surface area (Å²) in [6, 6.07) is 4.30. The molecule has 1 atom stereocenters. The van der Waals surface area contributed by atoms with E-state index in [0.717, 1.165) is 44.3 Å². The summed E-state index contributed by atoms with van der Waals surface area (Å²) in [4.78, 5) is 4.71. The Morgan fingerprint density at radius 2 is 2.21 bits per heavy atom. The summed E-state index contributed by atoms with van der Waals surface area (Å²) in [5, 5.41) is 15.6. The Balaban J connectivity index is 1.78. The Hall–Kier alpha value is -1.82. The minimum atomic E-state index is 0.446. The highest BCUT2D eigenvalue weighted by Gasteiger charge is 2.06. The smallest absolute Gasteiger partial charge is 0.191 e. The average molecular weight is 348 g/mol. The van der Waals surface area contributed by atoms with Gasteiger partial charge in [-0.25, -0.2) is 0 Å². The van der Waals surface area contributed by atoms with E-state index < -0.39 is 0 Å². The molecule has 132 valence electrons. The van der Waals surface area contributed by atoms with Gasteiger partial charge in [-0.1, -0.05) is 6.92 Å². The number of aromatic nitrogens is 2. The minimum absolute atomic E-state index is 0.446. The molecule has 0 radical (unpaired) electrons. The molecule has 0 aliphatic rings. The summed E-state index contributed by atoms with van der Waals surface area (Å²) < 4.78 is 2.07. The van der Waals surface area contributed by atoms with Crippen LogP contribution < -0.4 is 10.6 Å². The fourth-order valence-electron chi connectivity index (χ4n) is 2.57. The molecule has 0 aliphatic heterocycles. The van der Waals surface area contributed by atoms with Gasteiger partial charge in [0.05, 0.1) is 5.69 Å². The zero-order chi connectivity index (χ0) is 17.4. The molecule has 5 nitrogen and oxygen atoms in total. The van der Waals surface area contributed by atoms with Gasteiger partial charge in [-0.15, -0.1) is 0 Å². The number of thiophene rings is 1. The number of hydrogen-bond donors (Lipinski definition) is 2. The standard InChI is InChI=1S/C18H29N5S/c1-5-19-18(21-12-14(2)17-7-10-24-13-17)20-8-6-9-23-16(4)11-15(3)22-23/h7,10-11,13-14H,5-6,8-9,12H2,1-4H3,(H2,19,20,21). The summed E-state index contributed by atoms with van der Waals surface area (Å²) in [5.41, 5.74) is 3.67. The molecular weight excluding hydrogens is 318 g/mol. The molecule has 2 heterocycles. The number of aliphatic imine (C=N–C) groups is 1. The monoisotopic (exact) mass is 347 g/mol. The van der Waals surface area contributed by atoms with Crippen molar-refractivity contribution < 1.29 is 0 Å². The van der Waals surface area contributed by atoms with Crippen molar-refractivity contribution in [1.82, 2.24) is 20.4 Å². The highest BCUT2D eigenvalue weighted by atomic mass is 32.1. The summed E-state index contributed by atoms with van der Waals surface area (Å²) in [6.45, 7) is 11.9. The van der Waals surface area contributed by atoms with Crippen LogP contribution >= 0.6 is 11.3 Å². The van der Waals surface area contributed by atoms with Gasteiger partial charge in [0.15, 0.2) is 5.96 Å². The van der Waals surface area contributed by atoms with E-state index >= 15 is 0 Å². The predicted molar refractivity (Wildman–Crippen MR) is 103 cm³/mol.